The fraction of sp³-hybridized carbons (Fsp3) is 0.316. The normalized spacial score (nSPS) is 14.8. The number of carbonyl (C=O) groups is 3. The summed E-state index contributed by atoms with van der Waals surface area (Å²) in [5.74, 6) is -0.553. The molecule has 0 saturated carbocycles. The second-order valence-electron chi connectivity index (χ2n) is 6.20. The fourth-order valence-electron chi connectivity index (χ4n) is 3.14. The van der Waals surface area contributed by atoms with Gasteiger partial charge in [-0.3, -0.25) is 14.4 Å². The average Bonchev–Trinajstić information content (AvgIpc) is 2.94. The first-order valence-electron chi connectivity index (χ1n) is 8.63. The molecule has 7 heteroatoms. The van der Waals surface area contributed by atoms with Crippen molar-refractivity contribution in [2.24, 2.45) is 0 Å². The summed E-state index contributed by atoms with van der Waals surface area (Å²) in [7, 11) is 0. The summed E-state index contributed by atoms with van der Waals surface area (Å²) in [4.78, 5) is 42.9. The molecule has 2 heterocycles. The summed E-state index contributed by atoms with van der Waals surface area (Å²) < 4.78 is 0. The van der Waals surface area contributed by atoms with Crippen molar-refractivity contribution in [1.29, 1.82) is 0 Å². The molecule has 2 aromatic rings. The molecule has 7 nitrogen and oxygen atoms in total. The third-order valence-corrected chi connectivity index (χ3v) is 4.55. The minimum atomic E-state index is -0.371. The molecule has 3 amide bonds. The van der Waals surface area contributed by atoms with Crippen LogP contribution < -0.4 is 5.32 Å². The number of H-pyrrole nitrogens is 1. The zero-order valence-corrected chi connectivity index (χ0v) is 14.5. The SMILES string of the molecule is C=CC(=O)NCC(=O)N1CCCN(C(=O)c2c[nH]c3ccccc23)CC1. The Balaban J connectivity index is 1.63. The number of para-hydroxylation sites is 1. The van der Waals surface area contributed by atoms with E-state index >= 15 is 0 Å². The van der Waals surface area contributed by atoms with Crippen LogP contribution in [0.15, 0.2) is 43.1 Å². The highest BCUT2D eigenvalue weighted by Gasteiger charge is 2.24. The first-order valence-corrected chi connectivity index (χ1v) is 8.63. The molecule has 0 unspecified atom stereocenters. The molecule has 0 radical (unpaired) electrons. The van der Waals surface area contributed by atoms with Crippen LogP contribution in [-0.2, 0) is 9.59 Å². The van der Waals surface area contributed by atoms with E-state index in [0.717, 1.165) is 17.0 Å². The van der Waals surface area contributed by atoms with Gasteiger partial charge in [0.1, 0.15) is 0 Å². The van der Waals surface area contributed by atoms with Crippen LogP contribution in [0.5, 0.6) is 0 Å². The molecule has 0 spiro atoms. The summed E-state index contributed by atoms with van der Waals surface area (Å²) in [6.07, 6.45) is 3.58. The molecule has 1 aliphatic rings. The van der Waals surface area contributed by atoms with E-state index in [9.17, 15) is 14.4 Å². The Labute approximate surface area is 151 Å². The number of aromatic amines is 1. The lowest BCUT2D eigenvalue weighted by Gasteiger charge is -2.22. The highest BCUT2D eigenvalue weighted by atomic mass is 16.2. The van der Waals surface area contributed by atoms with Crippen LogP contribution in [0.1, 0.15) is 16.8 Å². The first kappa shape index (κ1) is 17.7. The van der Waals surface area contributed by atoms with Gasteiger partial charge in [-0.15, -0.1) is 0 Å². The van der Waals surface area contributed by atoms with Gasteiger partial charge >= 0.3 is 0 Å². The number of amides is 3. The Morgan fingerprint density at radius 1 is 1.12 bits per heavy atom. The van der Waals surface area contributed by atoms with E-state index in [1.165, 1.54) is 0 Å². The Bertz CT molecular complexity index is 842. The number of nitrogens with one attached hydrogen (secondary N) is 2. The van der Waals surface area contributed by atoms with E-state index in [-0.39, 0.29) is 24.3 Å². The lowest BCUT2D eigenvalue weighted by Crippen LogP contribution is -2.42. The van der Waals surface area contributed by atoms with Crippen molar-refractivity contribution in [2.75, 3.05) is 32.7 Å². The van der Waals surface area contributed by atoms with E-state index in [1.54, 1.807) is 16.0 Å². The summed E-state index contributed by atoms with van der Waals surface area (Å²) >= 11 is 0. The predicted molar refractivity (Wildman–Crippen MR) is 98.6 cm³/mol. The van der Waals surface area contributed by atoms with E-state index in [1.807, 2.05) is 24.3 Å². The topological polar surface area (TPSA) is 85.5 Å². The largest absolute Gasteiger partial charge is 0.360 e. The third-order valence-electron chi connectivity index (χ3n) is 4.55. The second-order valence-corrected chi connectivity index (χ2v) is 6.20. The molecule has 136 valence electrons. The summed E-state index contributed by atoms with van der Waals surface area (Å²) in [5, 5.41) is 3.40. The molecule has 1 aromatic carbocycles. The minimum Gasteiger partial charge on any atom is -0.360 e. The van der Waals surface area contributed by atoms with Gasteiger partial charge in [-0.1, -0.05) is 24.8 Å². The third kappa shape index (κ3) is 3.77. The fourth-order valence-corrected chi connectivity index (χ4v) is 3.14. The monoisotopic (exact) mass is 354 g/mol. The van der Waals surface area contributed by atoms with Crippen LogP contribution in [0.2, 0.25) is 0 Å². The van der Waals surface area contributed by atoms with Gasteiger partial charge in [-0.25, -0.2) is 0 Å². The smallest absolute Gasteiger partial charge is 0.256 e. The summed E-state index contributed by atoms with van der Waals surface area (Å²) in [6, 6.07) is 7.70. The van der Waals surface area contributed by atoms with Crippen molar-refractivity contribution in [2.45, 2.75) is 6.42 Å². The highest BCUT2D eigenvalue weighted by molar-refractivity contribution is 6.06. The molecule has 0 aliphatic carbocycles. The van der Waals surface area contributed by atoms with Gasteiger partial charge in [0.25, 0.3) is 5.91 Å². The van der Waals surface area contributed by atoms with Gasteiger partial charge < -0.3 is 20.1 Å². The first-order chi connectivity index (χ1) is 12.6. The number of nitrogens with zero attached hydrogens (tertiary/aromatic N) is 2. The average molecular weight is 354 g/mol. The van der Waals surface area contributed by atoms with Crippen LogP contribution in [0, 0.1) is 0 Å². The van der Waals surface area contributed by atoms with Crippen molar-refractivity contribution in [3.8, 4) is 0 Å². The second kappa shape index (κ2) is 7.86. The van der Waals surface area contributed by atoms with Crippen LogP contribution in [0.3, 0.4) is 0 Å². The Kier molecular flexibility index (Phi) is 5.36. The molecule has 1 saturated heterocycles. The molecule has 3 rings (SSSR count). The lowest BCUT2D eigenvalue weighted by atomic mass is 10.1. The van der Waals surface area contributed by atoms with Crippen molar-refractivity contribution < 1.29 is 14.4 Å². The maximum absolute atomic E-state index is 12.9. The van der Waals surface area contributed by atoms with Crippen molar-refractivity contribution in [3.05, 3.63) is 48.7 Å². The number of aromatic nitrogens is 1. The Morgan fingerprint density at radius 3 is 2.65 bits per heavy atom. The maximum atomic E-state index is 12.9. The Hall–Kier alpha value is -3.09. The van der Waals surface area contributed by atoms with Crippen LogP contribution in [0.25, 0.3) is 10.9 Å². The highest BCUT2D eigenvalue weighted by Crippen LogP contribution is 2.20. The minimum absolute atomic E-state index is 0.0308. The summed E-state index contributed by atoms with van der Waals surface area (Å²) in [5.41, 5.74) is 1.58. The van der Waals surface area contributed by atoms with Gasteiger partial charge in [-0.2, -0.15) is 0 Å². The quantitative estimate of drug-likeness (QED) is 0.808. The number of hydrogen-bond donors (Lipinski definition) is 2. The molecular formula is C19H22N4O3. The molecule has 1 aromatic heterocycles. The molecule has 1 aliphatic heterocycles. The zero-order valence-electron chi connectivity index (χ0n) is 14.5. The standard InChI is InChI=1S/C19H22N4O3/c1-2-17(24)21-13-18(25)22-8-5-9-23(11-10-22)19(26)15-12-20-16-7-4-3-6-14(15)16/h2-4,6-7,12,20H,1,5,8-11,13H2,(H,21,24). The van der Waals surface area contributed by atoms with E-state index < -0.39 is 0 Å². The van der Waals surface area contributed by atoms with Gasteiger partial charge in [0.05, 0.1) is 12.1 Å². The van der Waals surface area contributed by atoms with Crippen molar-refractivity contribution in [1.82, 2.24) is 20.1 Å². The number of rotatable bonds is 4. The molecule has 26 heavy (non-hydrogen) atoms. The van der Waals surface area contributed by atoms with Crippen molar-refractivity contribution in [3.63, 3.8) is 0 Å². The molecule has 2 N–H and O–H groups in total. The lowest BCUT2D eigenvalue weighted by molar-refractivity contribution is -0.131. The molecule has 0 atom stereocenters. The number of hydrogen-bond acceptors (Lipinski definition) is 3. The van der Waals surface area contributed by atoms with Crippen LogP contribution in [0.4, 0.5) is 0 Å². The summed E-state index contributed by atoms with van der Waals surface area (Å²) in [6.45, 7) is 5.40. The predicted octanol–water partition coefficient (Wildman–Crippen LogP) is 1.14. The van der Waals surface area contributed by atoms with Gasteiger partial charge in [0.15, 0.2) is 0 Å². The van der Waals surface area contributed by atoms with E-state index in [4.69, 9.17) is 0 Å². The zero-order chi connectivity index (χ0) is 18.5. The number of carbonyl (C=O) groups excluding carboxylic acids is 3. The number of benzene rings is 1. The molecule has 0 bridgehead atoms. The van der Waals surface area contributed by atoms with Crippen molar-refractivity contribution >= 4 is 28.6 Å². The maximum Gasteiger partial charge on any atom is 0.256 e. The van der Waals surface area contributed by atoms with E-state index in [2.05, 4.69) is 16.9 Å². The van der Waals surface area contributed by atoms with Crippen LogP contribution >= 0.6 is 0 Å². The van der Waals surface area contributed by atoms with Crippen LogP contribution in [-0.4, -0.2) is 65.2 Å². The Morgan fingerprint density at radius 2 is 1.85 bits per heavy atom. The van der Waals surface area contributed by atoms with Gasteiger partial charge in [0, 0.05) is 43.3 Å². The molecule has 1 fully saturated rings. The van der Waals surface area contributed by atoms with Gasteiger partial charge in [0.2, 0.25) is 11.8 Å². The van der Waals surface area contributed by atoms with Gasteiger partial charge in [-0.05, 0) is 18.6 Å². The molecular weight excluding hydrogens is 332 g/mol. The van der Waals surface area contributed by atoms with E-state index in [0.29, 0.717) is 38.2 Å². The number of fused-ring (bicyclic) bond motifs is 1.